The van der Waals surface area contributed by atoms with Gasteiger partial charge in [-0.25, -0.2) is 12.8 Å². The lowest BCUT2D eigenvalue weighted by molar-refractivity contribution is 0.606. The van der Waals surface area contributed by atoms with Crippen molar-refractivity contribution in [3.63, 3.8) is 0 Å². The van der Waals surface area contributed by atoms with E-state index in [1.165, 1.54) is 41.0 Å². The fraction of sp³-hybridized carbons (Fsp3) is 0.111. The summed E-state index contributed by atoms with van der Waals surface area (Å²) in [6, 6.07) is 20.8. The van der Waals surface area contributed by atoms with E-state index in [0.717, 1.165) is 28.9 Å². The number of sulfone groups is 1. The molecule has 0 aliphatic rings. The number of aromatic nitrogens is 1. The van der Waals surface area contributed by atoms with E-state index < -0.39 is 26.1 Å². The van der Waals surface area contributed by atoms with Crippen LogP contribution in [0.5, 0.6) is 0 Å². The van der Waals surface area contributed by atoms with Crippen molar-refractivity contribution in [2.75, 3.05) is 0 Å². The molecule has 1 aromatic heterocycles. The van der Waals surface area contributed by atoms with Crippen LogP contribution in [0.25, 0.3) is 16.7 Å². The Balaban J connectivity index is 2.08. The van der Waals surface area contributed by atoms with E-state index in [4.69, 9.17) is 0 Å². The van der Waals surface area contributed by atoms with Crippen LogP contribution in [0, 0.1) is 24.1 Å². The van der Waals surface area contributed by atoms with E-state index in [1.807, 2.05) is 32.0 Å². The van der Waals surface area contributed by atoms with Crippen LogP contribution in [0.1, 0.15) is 23.6 Å². The Morgan fingerprint density at radius 1 is 1.03 bits per heavy atom. The second-order valence-corrected chi connectivity index (χ2v) is 10.8. The number of hydrogen-bond donors (Lipinski definition) is 0. The Morgan fingerprint density at radius 3 is 2.23 bits per heavy atom. The molecule has 8 heteroatoms. The Hall–Kier alpha value is -3.80. The summed E-state index contributed by atoms with van der Waals surface area (Å²) in [5, 5.41) is 9.98. The summed E-state index contributed by atoms with van der Waals surface area (Å²) in [5.74, 6) is -0.410. The number of benzene rings is 3. The fourth-order valence-electron chi connectivity index (χ4n) is 3.52. The van der Waals surface area contributed by atoms with Gasteiger partial charge in [0, 0.05) is 0 Å². The molecule has 0 amide bonds. The van der Waals surface area contributed by atoms with Crippen LogP contribution in [0.4, 0.5) is 4.39 Å². The molecule has 35 heavy (non-hydrogen) atoms. The van der Waals surface area contributed by atoms with Gasteiger partial charge in [-0.2, -0.15) is 5.26 Å². The molecular formula is C27H21FN2O3S2. The molecule has 0 unspecified atom stereocenters. The molecule has 0 saturated carbocycles. The van der Waals surface area contributed by atoms with Gasteiger partial charge in [-0.1, -0.05) is 48.9 Å². The SMILES string of the molecule is CCc1ccc(-n2c(=O)/c(=C\c3ccc(F)cc3)s/c2=C(\C#N)S(=O)(=O)c2ccc(C)cc2)cc1. The fourth-order valence-corrected chi connectivity index (χ4v) is 6.14. The van der Waals surface area contributed by atoms with E-state index >= 15 is 0 Å². The Bertz CT molecular complexity index is 1710. The number of nitriles is 1. The van der Waals surface area contributed by atoms with Crippen LogP contribution in [-0.2, 0) is 16.3 Å². The van der Waals surface area contributed by atoms with E-state index in [-0.39, 0.29) is 14.1 Å². The minimum Gasteiger partial charge on any atom is -0.267 e. The quantitative estimate of drug-likeness (QED) is 0.414. The molecule has 4 rings (SSSR count). The lowest BCUT2D eigenvalue weighted by Crippen LogP contribution is -2.31. The highest BCUT2D eigenvalue weighted by atomic mass is 32.2. The number of aryl methyl sites for hydroxylation is 2. The van der Waals surface area contributed by atoms with Crippen LogP contribution >= 0.6 is 11.3 Å². The summed E-state index contributed by atoms with van der Waals surface area (Å²) in [6.07, 6.45) is 2.35. The molecule has 0 atom stereocenters. The number of thiazole rings is 1. The van der Waals surface area contributed by atoms with Crippen molar-refractivity contribution in [1.82, 2.24) is 4.57 Å². The zero-order valence-electron chi connectivity index (χ0n) is 19.0. The van der Waals surface area contributed by atoms with E-state index in [2.05, 4.69) is 0 Å². The summed E-state index contributed by atoms with van der Waals surface area (Å²) in [6.45, 7) is 3.84. The zero-order valence-corrected chi connectivity index (χ0v) is 20.7. The first-order valence-corrected chi connectivity index (χ1v) is 13.1. The first-order valence-electron chi connectivity index (χ1n) is 10.8. The monoisotopic (exact) mass is 504 g/mol. The number of hydrogen-bond acceptors (Lipinski definition) is 5. The van der Waals surface area contributed by atoms with Crippen molar-refractivity contribution in [1.29, 1.82) is 5.26 Å². The molecule has 0 spiro atoms. The molecule has 176 valence electrons. The molecule has 0 radical (unpaired) electrons. The smallest absolute Gasteiger partial charge is 0.267 e. The van der Waals surface area contributed by atoms with Gasteiger partial charge in [0.05, 0.1) is 15.1 Å². The molecule has 0 fully saturated rings. The van der Waals surface area contributed by atoms with Crippen LogP contribution < -0.4 is 14.8 Å². The van der Waals surface area contributed by atoms with Gasteiger partial charge in [-0.3, -0.25) is 9.36 Å². The molecule has 1 heterocycles. The van der Waals surface area contributed by atoms with E-state index in [1.54, 1.807) is 30.3 Å². The standard InChI is InChI=1S/C27H21FN2O3S2/c1-3-19-8-12-22(13-9-19)30-26(31)24(16-20-6-10-21(28)11-7-20)34-27(30)25(17-29)35(32,33)23-14-4-18(2)5-15-23/h4-16H,3H2,1-2H3/b24-16+,27-25+. The highest BCUT2D eigenvalue weighted by Crippen LogP contribution is 2.20. The maximum absolute atomic E-state index is 13.5. The summed E-state index contributed by atoms with van der Waals surface area (Å²) in [5.41, 5.74) is 2.48. The third kappa shape index (κ3) is 4.87. The Morgan fingerprint density at radius 2 is 1.66 bits per heavy atom. The van der Waals surface area contributed by atoms with Crippen molar-refractivity contribution in [2.45, 2.75) is 25.2 Å². The van der Waals surface area contributed by atoms with Gasteiger partial charge in [0.25, 0.3) is 5.56 Å². The van der Waals surface area contributed by atoms with E-state index in [0.29, 0.717) is 11.3 Å². The molecule has 4 aromatic rings. The molecule has 0 aliphatic heterocycles. The highest BCUT2D eigenvalue weighted by molar-refractivity contribution is 8.00. The van der Waals surface area contributed by atoms with Crippen molar-refractivity contribution >= 4 is 32.2 Å². The molecule has 0 saturated heterocycles. The maximum Gasteiger partial charge on any atom is 0.273 e. The average Bonchev–Trinajstić information content (AvgIpc) is 3.16. The third-order valence-electron chi connectivity index (χ3n) is 5.49. The van der Waals surface area contributed by atoms with Crippen molar-refractivity contribution in [2.24, 2.45) is 0 Å². The Kier molecular flexibility index (Phi) is 6.83. The number of rotatable bonds is 5. The summed E-state index contributed by atoms with van der Waals surface area (Å²) in [7, 11) is -4.20. The second kappa shape index (κ2) is 9.82. The van der Waals surface area contributed by atoms with Gasteiger partial charge in [-0.15, -0.1) is 11.3 Å². The van der Waals surface area contributed by atoms with Gasteiger partial charge in [0.1, 0.15) is 16.5 Å². The average molecular weight is 505 g/mol. The highest BCUT2D eigenvalue weighted by Gasteiger charge is 2.25. The minimum absolute atomic E-state index is 0.00989. The summed E-state index contributed by atoms with van der Waals surface area (Å²) < 4.78 is 41.7. The normalized spacial score (nSPS) is 12.9. The van der Waals surface area contributed by atoms with Gasteiger partial charge in [0.15, 0.2) is 4.91 Å². The first-order chi connectivity index (χ1) is 16.7. The first kappa shape index (κ1) is 24.3. The molecule has 0 bridgehead atoms. The topological polar surface area (TPSA) is 79.9 Å². The molecule has 5 nitrogen and oxygen atoms in total. The lowest BCUT2D eigenvalue weighted by atomic mass is 10.1. The van der Waals surface area contributed by atoms with Crippen LogP contribution in [0.15, 0.2) is 82.5 Å². The maximum atomic E-state index is 13.5. The molecule has 0 aliphatic carbocycles. The van der Waals surface area contributed by atoms with Crippen LogP contribution in [0.3, 0.4) is 0 Å². The van der Waals surface area contributed by atoms with Crippen molar-refractivity contribution in [3.05, 3.63) is 115 Å². The number of halogens is 1. The van der Waals surface area contributed by atoms with Gasteiger partial charge in [0.2, 0.25) is 9.84 Å². The van der Waals surface area contributed by atoms with Crippen molar-refractivity contribution < 1.29 is 12.8 Å². The Labute approximate surface area is 206 Å². The van der Waals surface area contributed by atoms with Crippen molar-refractivity contribution in [3.8, 4) is 11.8 Å². The van der Waals surface area contributed by atoms with Crippen LogP contribution in [0.2, 0.25) is 0 Å². The predicted octanol–water partition coefficient (Wildman–Crippen LogP) is 3.84. The zero-order chi connectivity index (χ0) is 25.2. The molecular weight excluding hydrogens is 483 g/mol. The second-order valence-electron chi connectivity index (χ2n) is 7.89. The predicted molar refractivity (Wildman–Crippen MR) is 136 cm³/mol. The van der Waals surface area contributed by atoms with Gasteiger partial charge in [-0.05, 0) is 66.9 Å². The van der Waals surface area contributed by atoms with Gasteiger partial charge < -0.3 is 0 Å². The van der Waals surface area contributed by atoms with E-state index in [9.17, 15) is 22.9 Å². The van der Waals surface area contributed by atoms with Crippen LogP contribution in [-0.4, -0.2) is 13.0 Å². The minimum atomic E-state index is -4.20. The summed E-state index contributed by atoms with van der Waals surface area (Å²) >= 11 is 0.910. The lowest BCUT2D eigenvalue weighted by Gasteiger charge is -2.06. The third-order valence-corrected chi connectivity index (χ3v) is 8.43. The molecule has 3 aromatic carbocycles. The summed E-state index contributed by atoms with van der Waals surface area (Å²) in [4.78, 5) is 13.0. The molecule has 0 N–H and O–H groups in total. The number of nitrogens with zero attached hydrogens (tertiary/aromatic N) is 2. The largest absolute Gasteiger partial charge is 0.273 e. The van der Waals surface area contributed by atoms with Gasteiger partial charge >= 0.3 is 0 Å².